The van der Waals surface area contributed by atoms with Gasteiger partial charge in [0.25, 0.3) is 0 Å². The van der Waals surface area contributed by atoms with Gasteiger partial charge >= 0.3 is 0 Å². The van der Waals surface area contributed by atoms with E-state index in [0.717, 1.165) is 19.3 Å². The number of amides is 1. The van der Waals surface area contributed by atoms with E-state index in [1.165, 1.54) is 28.5 Å². The van der Waals surface area contributed by atoms with Crippen LogP contribution in [-0.4, -0.2) is 44.6 Å². The number of benzene rings is 2. The van der Waals surface area contributed by atoms with Crippen molar-refractivity contribution < 1.29 is 13.2 Å². The minimum Gasteiger partial charge on any atom is -0.342 e. The second-order valence-corrected chi connectivity index (χ2v) is 10.5. The number of likely N-dealkylation sites (tertiary alicyclic amines) is 1. The minimum absolute atomic E-state index is 0.0367. The SMILES string of the molecule is Cc1ccccc1-c1ccccc1[C@@H]1C[C@H]1C(=O)N1CCC[C@@H](NS(C)(=O)=O)CC1. The smallest absolute Gasteiger partial charge is 0.226 e. The Morgan fingerprint density at radius 3 is 2.43 bits per heavy atom. The van der Waals surface area contributed by atoms with Gasteiger partial charge in [-0.2, -0.15) is 0 Å². The molecular weight excluding hydrogens is 396 g/mol. The Morgan fingerprint density at radius 2 is 1.70 bits per heavy atom. The number of aryl methyl sites for hydroxylation is 1. The zero-order chi connectivity index (χ0) is 21.3. The molecular formula is C24H30N2O3S. The summed E-state index contributed by atoms with van der Waals surface area (Å²) in [5.74, 6) is 0.524. The van der Waals surface area contributed by atoms with Crippen LogP contribution in [0.2, 0.25) is 0 Å². The van der Waals surface area contributed by atoms with Crippen molar-refractivity contribution in [3.05, 3.63) is 59.7 Å². The summed E-state index contributed by atoms with van der Waals surface area (Å²) < 4.78 is 25.8. The molecule has 0 spiro atoms. The van der Waals surface area contributed by atoms with Gasteiger partial charge in [0, 0.05) is 25.0 Å². The molecule has 4 rings (SSSR count). The molecule has 1 saturated heterocycles. The lowest BCUT2D eigenvalue weighted by molar-refractivity contribution is -0.132. The summed E-state index contributed by atoms with van der Waals surface area (Å²) in [5.41, 5.74) is 4.96. The van der Waals surface area contributed by atoms with Crippen molar-refractivity contribution in [3.8, 4) is 11.1 Å². The number of carbonyl (C=O) groups excluding carboxylic acids is 1. The fourth-order valence-electron chi connectivity index (χ4n) is 4.72. The van der Waals surface area contributed by atoms with Gasteiger partial charge in [-0.05, 0) is 60.8 Å². The van der Waals surface area contributed by atoms with E-state index in [-0.39, 0.29) is 23.8 Å². The maximum atomic E-state index is 13.2. The van der Waals surface area contributed by atoms with Crippen molar-refractivity contribution >= 4 is 15.9 Å². The zero-order valence-electron chi connectivity index (χ0n) is 17.7. The summed E-state index contributed by atoms with van der Waals surface area (Å²) in [7, 11) is -3.21. The first-order valence-electron chi connectivity index (χ1n) is 10.7. The second kappa shape index (κ2) is 8.52. The summed E-state index contributed by atoms with van der Waals surface area (Å²) in [5, 5.41) is 0. The van der Waals surface area contributed by atoms with E-state index in [1.807, 2.05) is 4.90 Å². The van der Waals surface area contributed by atoms with E-state index in [9.17, 15) is 13.2 Å². The fourth-order valence-corrected chi connectivity index (χ4v) is 5.57. The summed E-state index contributed by atoms with van der Waals surface area (Å²) >= 11 is 0. The Bertz CT molecular complexity index is 1030. The molecule has 1 aliphatic carbocycles. The molecule has 5 nitrogen and oxygen atoms in total. The molecule has 1 saturated carbocycles. The Morgan fingerprint density at radius 1 is 1.00 bits per heavy atom. The van der Waals surface area contributed by atoms with Gasteiger partial charge in [0.15, 0.2) is 0 Å². The summed E-state index contributed by atoms with van der Waals surface area (Å²) in [4.78, 5) is 15.1. The molecule has 2 aromatic carbocycles. The predicted molar refractivity (Wildman–Crippen MR) is 120 cm³/mol. The van der Waals surface area contributed by atoms with Gasteiger partial charge in [0.2, 0.25) is 15.9 Å². The van der Waals surface area contributed by atoms with Crippen LogP contribution in [0.15, 0.2) is 48.5 Å². The first-order valence-corrected chi connectivity index (χ1v) is 12.6. The van der Waals surface area contributed by atoms with Gasteiger partial charge in [-0.15, -0.1) is 0 Å². The molecule has 1 N–H and O–H groups in total. The van der Waals surface area contributed by atoms with Crippen LogP contribution in [0.3, 0.4) is 0 Å². The highest BCUT2D eigenvalue weighted by Gasteiger charge is 2.46. The molecule has 0 unspecified atom stereocenters. The van der Waals surface area contributed by atoms with Crippen molar-refractivity contribution in [1.29, 1.82) is 0 Å². The molecule has 2 aliphatic rings. The molecule has 1 heterocycles. The summed E-state index contributed by atoms with van der Waals surface area (Å²) in [6, 6.07) is 16.8. The lowest BCUT2D eigenvalue weighted by atomic mass is 9.93. The minimum atomic E-state index is -3.21. The molecule has 3 atom stereocenters. The summed E-state index contributed by atoms with van der Waals surface area (Å²) in [6.07, 6.45) is 4.37. The molecule has 1 amide bonds. The molecule has 2 fully saturated rings. The van der Waals surface area contributed by atoms with E-state index in [4.69, 9.17) is 0 Å². The second-order valence-electron chi connectivity index (χ2n) is 8.69. The standard InChI is InChI=1S/C24H30N2O3S/c1-17-8-3-4-10-19(17)20-11-5-6-12-21(20)22-16-23(22)24(27)26-14-7-9-18(13-15-26)25-30(2,28)29/h3-6,8,10-12,18,22-23,25H,7,9,13-16H2,1-2H3/t18-,22+,23-/m1/s1. The van der Waals surface area contributed by atoms with E-state index < -0.39 is 10.0 Å². The van der Waals surface area contributed by atoms with Crippen LogP contribution in [0.1, 0.15) is 42.7 Å². The third-order valence-electron chi connectivity index (χ3n) is 6.32. The number of sulfonamides is 1. The van der Waals surface area contributed by atoms with Gasteiger partial charge < -0.3 is 4.90 Å². The monoisotopic (exact) mass is 426 g/mol. The molecule has 0 radical (unpaired) electrons. The van der Waals surface area contributed by atoms with Crippen LogP contribution >= 0.6 is 0 Å². The Balaban J connectivity index is 1.45. The van der Waals surface area contributed by atoms with Gasteiger partial charge in [-0.3, -0.25) is 4.79 Å². The maximum Gasteiger partial charge on any atom is 0.226 e. The highest BCUT2D eigenvalue weighted by molar-refractivity contribution is 7.88. The third-order valence-corrected chi connectivity index (χ3v) is 7.09. The number of hydrogen-bond acceptors (Lipinski definition) is 3. The van der Waals surface area contributed by atoms with Gasteiger partial charge in [-0.1, -0.05) is 48.5 Å². The molecule has 0 bridgehead atoms. The lowest BCUT2D eigenvalue weighted by Crippen LogP contribution is -2.36. The summed E-state index contributed by atoms with van der Waals surface area (Å²) in [6.45, 7) is 3.46. The quantitative estimate of drug-likeness (QED) is 0.793. The largest absolute Gasteiger partial charge is 0.342 e. The first kappa shape index (κ1) is 21.1. The van der Waals surface area contributed by atoms with Crippen LogP contribution < -0.4 is 4.72 Å². The van der Waals surface area contributed by atoms with Crippen molar-refractivity contribution in [1.82, 2.24) is 9.62 Å². The van der Waals surface area contributed by atoms with Crippen molar-refractivity contribution in [2.24, 2.45) is 5.92 Å². The fraction of sp³-hybridized carbons (Fsp3) is 0.458. The van der Waals surface area contributed by atoms with Crippen LogP contribution in [0.25, 0.3) is 11.1 Å². The molecule has 160 valence electrons. The molecule has 1 aliphatic heterocycles. The van der Waals surface area contributed by atoms with Crippen molar-refractivity contribution in [3.63, 3.8) is 0 Å². The molecule has 0 aromatic heterocycles. The Kier molecular flexibility index (Phi) is 5.98. The average Bonchev–Trinajstić information content (AvgIpc) is 3.51. The Labute approximate surface area is 179 Å². The lowest BCUT2D eigenvalue weighted by Gasteiger charge is -2.21. The van der Waals surface area contributed by atoms with E-state index in [2.05, 4.69) is 60.2 Å². The molecule has 2 aromatic rings. The highest BCUT2D eigenvalue weighted by atomic mass is 32.2. The van der Waals surface area contributed by atoms with E-state index >= 15 is 0 Å². The van der Waals surface area contributed by atoms with Crippen molar-refractivity contribution in [2.45, 2.75) is 44.6 Å². The number of rotatable bonds is 5. The van der Waals surface area contributed by atoms with Gasteiger partial charge in [0.1, 0.15) is 0 Å². The number of carbonyl (C=O) groups is 1. The number of hydrogen-bond donors (Lipinski definition) is 1. The third kappa shape index (κ3) is 4.76. The van der Waals surface area contributed by atoms with Crippen molar-refractivity contribution in [2.75, 3.05) is 19.3 Å². The number of nitrogens with one attached hydrogen (secondary N) is 1. The number of nitrogens with zero attached hydrogens (tertiary/aromatic N) is 1. The van der Waals surface area contributed by atoms with Crippen LogP contribution in [0.5, 0.6) is 0 Å². The molecule has 6 heteroatoms. The first-order chi connectivity index (χ1) is 14.3. The van der Waals surface area contributed by atoms with Gasteiger partial charge in [-0.25, -0.2) is 13.1 Å². The maximum absolute atomic E-state index is 13.2. The highest BCUT2D eigenvalue weighted by Crippen LogP contribution is 2.51. The zero-order valence-corrected chi connectivity index (χ0v) is 18.5. The van der Waals surface area contributed by atoms with Crippen LogP contribution in [0, 0.1) is 12.8 Å². The molecule has 30 heavy (non-hydrogen) atoms. The van der Waals surface area contributed by atoms with Crippen LogP contribution in [0.4, 0.5) is 0 Å². The van der Waals surface area contributed by atoms with E-state index in [0.29, 0.717) is 19.5 Å². The normalized spacial score (nSPS) is 24.3. The topological polar surface area (TPSA) is 66.5 Å². The average molecular weight is 427 g/mol. The Hall–Kier alpha value is -2.18. The van der Waals surface area contributed by atoms with Crippen LogP contribution in [-0.2, 0) is 14.8 Å². The van der Waals surface area contributed by atoms with E-state index in [1.54, 1.807) is 0 Å². The predicted octanol–water partition coefficient (Wildman–Crippen LogP) is 3.70. The van der Waals surface area contributed by atoms with Gasteiger partial charge in [0.05, 0.1) is 6.26 Å².